The maximum atomic E-state index is 12.9. The minimum atomic E-state index is -0.0960. The van der Waals surface area contributed by atoms with Crippen LogP contribution in [0.15, 0.2) is 54.6 Å². The number of hydrogen-bond donors (Lipinski definition) is 1. The fourth-order valence-corrected chi connectivity index (χ4v) is 3.92. The Morgan fingerprint density at radius 2 is 1.70 bits per heavy atom. The number of hydrogen-bond acceptors (Lipinski definition) is 3. The lowest BCUT2D eigenvalue weighted by atomic mass is 9.95. The normalized spacial score (nSPS) is 16.7. The van der Waals surface area contributed by atoms with Gasteiger partial charge in [-0.05, 0) is 55.6 Å². The summed E-state index contributed by atoms with van der Waals surface area (Å²) in [5, 5.41) is 3.22. The van der Waals surface area contributed by atoms with Gasteiger partial charge < -0.3 is 10.1 Å². The molecule has 1 heterocycles. The minimum absolute atomic E-state index is 0.0960. The molecule has 2 aromatic carbocycles. The number of carbonyl (C=O) groups excluding carboxylic acids is 1. The van der Waals surface area contributed by atoms with Crippen LogP contribution in [-0.2, 0) is 4.79 Å². The summed E-state index contributed by atoms with van der Waals surface area (Å²) in [7, 11) is 1.68. The highest BCUT2D eigenvalue weighted by molar-refractivity contribution is 5.83. The molecule has 4 heteroatoms. The number of nitrogens with zero attached hydrogens (tertiary/aromatic N) is 1. The van der Waals surface area contributed by atoms with Gasteiger partial charge in [-0.1, -0.05) is 49.4 Å². The molecular formula is C23H30N2O2. The van der Waals surface area contributed by atoms with Gasteiger partial charge in [0.15, 0.2) is 0 Å². The predicted molar refractivity (Wildman–Crippen MR) is 109 cm³/mol. The Labute approximate surface area is 162 Å². The molecule has 0 aliphatic carbocycles. The van der Waals surface area contributed by atoms with E-state index < -0.39 is 0 Å². The Kier molecular flexibility index (Phi) is 6.88. The smallest absolute Gasteiger partial charge is 0.227 e. The Bertz CT molecular complexity index is 709. The number of amides is 1. The van der Waals surface area contributed by atoms with Crippen LogP contribution >= 0.6 is 0 Å². The van der Waals surface area contributed by atoms with Crippen LogP contribution in [0.25, 0.3) is 0 Å². The first kappa shape index (κ1) is 19.4. The summed E-state index contributed by atoms with van der Waals surface area (Å²) in [6, 6.07) is 18.5. The molecule has 1 aliphatic rings. The van der Waals surface area contributed by atoms with Crippen LogP contribution in [0.3, 0.4) is 0 Å². The maximum Gasteiger partial charge on any atom is 0.227 e. The molecule has 1 fully saturated rings. The van der Waals surface area contributed by atoms with Crippen molar-refractivity contribution in [3.63, 3.8) is 0 Å². The van der Waals surface area contributed by atoms with E-state index in [4.69, 9.17) is 4.74 Å². The van der Waals surface area contributed by atoms with Crippen molar-refractivity contribution in [1.82, 2.24) is 10.2 Å². The SMILES string of the molecule is CCC(C(=O)NCC(c1ccc(OC)cc1)N1CCCC1)c1ccccc1. The van der Waals surface area contributed by atoms with Gasteiger partial charge in [-0.25, -0.2) is 0 Å². The molecule has 2 atom stereocenters. The number of rotatable bonds is 8. The molecule has 2 unspecified atom stereocenters. The van der Waals surface area contributed by atoms with E-state index in [1.54, 1.807) is 7.11 Å². The van der Waals surface area contributed by atoms with Crippen molar-refractivity contribution in [2.45, 2.75) is 38.1 Å². The van der Waals surface area contributed by atoms with Crippen LogP contribution < -0.4 is 10.1 Å². The molecule has 4 nitrogen and oxygen atoms in total. The second-order valence-electron chi connectivity index (χ2n) is 7.15. The molecule has 1 saturated heterocycles. The van der Waals surface area contributed by atoms with Gasteiger partial charge in [-0.2, -0.15) is 0 Å². The van der Waals surface area contributed by atoms with Gasteiger partial charge in [0.25, 0.3) is 0 Å². The fourth-order valence-electron chi connectivity index (χ4n) is 3.92. The lowest BCUT2D eigenvalue weighted by Gasteiger charge is -2.29. The Morgan fingerprint density at radius 3 is 2.30 bits per heavy atom. The number of benzene rings is 2. The van der Waals surface area contributed by atoms with Crippen LogP contribution in [0.4, 0.5) is 0 Å². The first-order valence-corrected chi connectivity index (χ1v) is 9.93. The van der Waals surface area contributed by atoms with Crippen molar-refractivity contribution < 1.29 is 9.53 Å². The maximum absolute atomic E-state index is 12.9. The standard InChI is InChI=1S/C23H30N2O2/c1-3-21(18-9-5-4-6-10-18)23(26)24-17-22(25-15-7-8-16-25)19-11-13-20(27-2)14-12-19/h4-6,9-14,21-22H,3,7-8,15-17H2,1-2H3,(H,24,26). The average molecular weight is 367 g/mol. The van der Waals surface area contributed by atoms with Crippen LogP contribution in [-0.4, -0.2) is 37.6 Å². The van der Waals surface area contributed by atoms with Gasteiger partial charge >= 0.3 is 0 Å². The third kappa shape index (κ3) is 4.89. The van der Waals surface area contributed by atoms with Crippen molar-refractivity contribution in [2.24, 2.45) is 0 Å². The second-order valence-corrected chi connectivity index (χ2v) is 7.15. The third-order valence-electron chi connectivity index (χ3n) is 5.48. The molecule has 1 aliphatic heterocycles. The van der Waals surface area contributed by atoms with E-state index in [1.807, 2.05) is 42.5 Å². The first-order chi connectivity index (χ1) is 13.2. The molecule has 2 aromatic rings. The Hall–Kier alpha value is -2.33. The van der Waals surface area contributed by atoms with Crippen molar-refractivity contribution in [2.75, 3.05) is 26.7 Å². The summed E-state index contributed by atoms with van der Waals surface area (Å²) in [4.78, 5) is 15.4. The predicted octanol–water partition coefficient (Wildman–Crippen LogP) is 4.14. The monoisotopic (exact) mass is 366 g/mol. The van der Waals surface area contributed by atoms with Crippen molar-refractivity contribution in [1.29, 1.82) is 0 Å². The Balaban J connectivity index is 1.70. The Morgan fingerprint density at radius 1 is 1.04 bits per heavy atom. The number of nitrogens with one attached hydrogen (secondary N) is 1. The molecule has 0 aromatic heterocycles. The summed E-state index contributed by atoms with van der Waals surface area (Å²) in [6.07, 6.45) is 3.25. The molecule has 0 bridgehead atoms. The summed E-state index contributed by atoms with van der Waals surface area (Å²) >= 11 is 0. The van der Waals surface area contributed by atoms with Gasteiger partial charge in [-0.3, -0.25) is 9.69 Å². The molecule has 144 valence electrons. The minimum Gasteiger partial charge on any atom is -0.497 e. The number of likely N-dealkylation sites (tertiary alicyclic amines) is 1. The molecule has 3 rings (SSSR count). The van der Waals surface area contributed by atoms with Crippen LogP contribution in [0, 0.1) is 0 Å². The van der Waals surface area contributed by atoms with Crippen molar-refractivity contribution >= 4 is 5.91 Å². The van der Waals surface area contributed by atoms with E-state index in [0.717, 1.165) is 30.8 Å². The van der Waals surface area contributed by atoms with E-state index in [2.05, 4.69) is 29.3 Å². The largest absolute Gasteiger partial charge is 0.497 e. The van der Waals surface area contributed by atoms with E-state index >= 15 is 0 Å². The van der Waals surface area contributed by atoms with Gasteiger partial charge in [0.05, 0.1) is 19.1 Å². The summed E-state index contributed by atoms with van der Waals surface area (Å²) in [5.41, 5.74) is 2.31. The second kappa shape index (κ2) is 9.56. The lowest BCUT2D eigenvalue weighted by Crippen LogP contribution is -2.38. The lowest BCUT2D eigenvalue weighted by molar-refractivity contribution is -0.122. The molecule has 1 amide bonds. The van der Waals surface area contributed by atoms with Crippen LogP contribution in [0.5, 0.6) is 5.75 Å². The first-order valence-electron chi connectivity index (χ1n) is 9.93. The summed E-state index contributed by atoms with van der Waals surface area (Å²) in [5.74, 6) is 0.876. The van der Waals surface area contributed by atoms with E-state index in [-0.39, 0.29) is 17.9 Å². The van der Waals surface area contributed by atoms with Gasteiger partial charge in [0.2, 0.25) is 5.91 Å². The molecule has 0 radical (unpaired) electrons. The zero-order valence-electron chi connectivity index (χ0n) is 16.4. The molecular weight excluding hydrogens is 336 g/mol. The van der Waals surface area contributed by atoms with Gasteiger partial charge in [-0.15, -0.1) is 0 Å². The highest BCUT2D eigenvalue weighted by atomic mass is 16.5. The molecule has 27 heavy (non-hydrogen) atoms. The number of ether oxygens (including phenoxy) is 1. The summed E-state index contributed by atoms with van der Waals surface area (Å²) in [6.45, 7) is 4.87. The van der Waals surface area contributed by atoms with Gasteiger partial charge in [0, 0.05) is 6.54 Å². The van der Waals surface area contributed by atoms with E-state index in [1.165, 1.54) is 18.4 Å². The topological polar surface area (TPSA) is 41.6 Å². The highest BCUT2D eigenvalue weighted by Gasteiger charge is 2.25. The van der Waals surface area contributed by atoms with E-state index in [0.29, 0.717) is 6.54 Å². The zero-order valence-corrected chi connectivity index (χ0v) is 16.4. The van der Waals surface area contributed by atoms with Crippen molar-refractivity contribution in [3.8, 4) is 5.75 Å². The highest BCUT2D eigenvalue weighted by Crippen LogP contribution is 2.27. The molecule has 0 spiro atoms. The zero-order chi connectivity index (χ0) is 19.1. The van der Waals surface area contributed by atoms with Crippen molar-refractivity contribution in [3.05, 3.63) is 65.7 Å². The number of methoxy groups -OCH3 is 1. The fraction of sp³-hybridized carbons (Fsp3) is 0.435. The van der Waals surface area contributed by atoms with Crippen LogP contribution in [0.2, 0.25) is 0 Å². The molecule has 1 N–H and O–H groups in total. The van der Waals surface area contributed by atoms with E-state index in [9.17, 15) is 4.79 Å². The van der Waals surface area contributed by atoms with Crippen LogP contribution in [0.1, 0.15) is 49.3 Å². The molecule has 0 saturated carbocycles. The quantitative estimate of drug-likeness (QED) is 0.763. The summed E-state index contributed by atoms with van der Waals surface area (Å²) < 4.78 is 5.28. The van der Waals surface area contributed by atoms with Gasteiger partial charge in [0.1, 0.15) is 5.75 Å². The third-order valence-corrected chi connectivity index (χ3v) is 5.48. The number of carbonyl (C=O) groups is 1. The average Bonchev–Trinajstić information content (AvgIpc) is 3.24.